The van der Waals surface area contributed by atoms with E-state index in [1.54, 1.807) is 18.2 Å². The highest BCUT2D eigenvalue weighted by atomic mass is 16.6. The highest BCUT2D eigenvalue weighted by molar-refractivity contribution is 5.80. The third-order valence-corrected chi connectivity index (χ3v) is 7.06. The number of likely N-dealkylation sites (N-methyl/N-ethyl adjacent to an activating group) is 1. The van der Waals surface area contributed by atoms with Crippen LogP contribution < -0.4 is 10.5 Å². The minimum absolute atomic E-state index is 0.0427. The number of aromatic nitrogens is 2. The lowest BCUT2D eigenvalue weighted by Gasteiger charge is -2.32. The Bertz CT molecular complexity index is 1260. The van der Waals surface area contributed by atoms with E-state index in [0.717, 1.165) is 48.8 Å². The molecular formula is C29H41N5O4. The van der Waals surface area contributed by atoms with Crippen molar-refractivity contribution in [3.63, 3.8) is 0 Å². The third-order valence-electron chi connectivity index (χ3n) is 7.06. The number of non-ortho nitro benzene ring substituents is 1. The molecule has 0 aliphatic rings. The molecule has 3 aromatic rings. The van der Waals surface area contributed by atoms with E-state index in [0.29, 0.717) is 25.0 Å². The quantitative estimate of drug-likeness (QED) is 0.230. The van der Waals surface area contributed by atoms with Gasteiger partial charge in [-0.15, -0.1) is 0 Å². The van der Waals surface area contributed by atoms with Crippen LogP contribution in [-0.2, 0) is 17.8 Å². The Morgan fingerprint density at radius 3 is 2.34 bits per heavy atom. The molecule has 9 nitrogen and oxygen atoms in total. The molecule has 0 atom stereocenters. The lowest BCUT2D eigenvalue weighted by atomic mass is 9.75. The first kappa shape index (κ1) is 29.1. The van der Waals surface area contributed by atoms with Gasteiger partial charge < -0.3 is 19.9 Å². The molecule has 1 heterocycles. The maximum absolute atomic E-state index is 11.7. The van der Waals surface area contributed by atoms with E-state index < -0.39 is 5.41 Å². The smallest absolute Gasteiger partial charge is 0.271 e. The second-order valence-corrected chi connectivity index (χ2v) is 11.3. The van der Waals surface area contributed by atoms with Gasteiger partial charge in [0.15, 0.2) is 0 Å². The average Bonchev–Trinajstić information content (AvgIpc) is 3.19. The van der Waals surface area contributed by atoms with Crippen molar-refractivity contribution in [1.29, 1.82) is 0 Å². The van der Waals surface area contributed by atoms with Crippen LogP contribution >= 0.6 is 0 Å². The van der Waals surface area contributed by atoms with E-state index in [1.807, 2.05) is 38.1 Å². The van der Waals surface area contributed by atoms with E-state index in [9.17, 15) is 14.9 Å². The number of fused-ring (bicyclic) bond motifs is 1. The molecule has 0 aliphatic carbocycles. The standard InChI is InChI=1S/C29H41N5O4/c1-7-32(8-2)15-16-33-25-14-11-22(34(36)37)18-24(25)31-26(33)17-21-9-12-23(13-10-21)38-20-28(3,4)19-29(5,6)27(30)35/h9-14,18H,7-8,15-17,19-20H2,1-6H3,(H2,30,35). The summed E-state index contributed by atoms with van der Waals surface area (Å²) in [5.41, 5.74) is 7.37. The van der Waals surface area contributed by atoms with Crippen molar-refractivity contribution in [2.24, 2.45) is 16.6 Å². The van der Waals surface area contributed by atoms with Crippen LogP contribution in [0.3, 0.4) is 0 Å². The van der Waals surface area contributed by atoms with Gasteiger partial charge in [0.1, 0.15) is 11.6 Å². The van der Waals surface area contributed by atoms with E-state index in [4.69, 9.17) is 15.5 Å². The van der Waals surface area contributed by atoms with Crippen LogP contribution in [0.15, 0.2) is 42.5 Å². The van der Waals surface area contributed by atoms with Gasteiger partial charge in [-0.05, 0) is 48.7 Å². The summed E-state index contributed by atoms with van der Waals surface area (Å²) in [5.74, 6) is 1.31. The molecule has 2 aromatic carbocycles. The molecule has 0 bridgehead atoms. The Kier molecular flexibility index (Phi) is 9.14. The van der Waals surface area contributed by atoms with Crippen LogP contribution in [0.4, 0.5) is 5.69 Å². The van der Waals surface area contributed by atoms with Crippen LogP contribution in [0.25, 0.3) is 11.0 Å². The monoisotopic (exact) mass is 523 g/mol. The number of amides is 1. The first-order valence-corrected chi connectivity index (χ1v) is 13.2. The van der Waals surface area contributed by atoms with Crippen LogP contribution in [-0.4, -0.2) is 51.5 Å². The minimum Gasteiger partial charge on any atom is -0.493 e. The first-order chi connectivity index (χ1) is 17.8. The number of hydrogen-bond donors (Lipinski definition) is 1. The molecule has 38 heavy (non-hydrogen) atoms. The molecule has 1 aromatic heterocycles. The fourth-order valence-corrected chi connectivity index (χ4v) is 4.95. The molecule has 3 rings (SSSR count). The lowest BCUT2D eigenvalue weighted by Crippen LogP contribution is -2.37. The van der Waals surface area contributed by atoms with Crippen molar-refractivity contribution in [2.45, 2.75) is 60.9 Å². The minimum atomic E-state index is -0.603. The van der Waals surface area contributed by atoms with Crippen molar-refractivity contribution in [1.82, 2.24) is 14.5 Å². The second-order valence-electron chi connectivity index (χ2n) is 11.3. The lowest BCUT2D eigenvalue weighted by molar-refractivity contribution is -0.384. The van der Waals surface area contributed by atoms with Gasteiger partial charge in [-0.3, -0.25) is 14.9 Å². The summed E-state index contributed by atoms with van der Waals surface area (Å²) >= 11 is 0. The number of imidazole rings is 1. The molecule has 0 aliphatic heterocycles. The summed E-state index contributed by atoms with van der Waals surface area (Å²) in [4.78, 5) is 29.8. The molecule has 0 unspecified atom stereocenters. The number of rotatable bonds is 14. The van der Waals surface area contributed by atoms with Crippen LogP contribution in [0.1, 0.15) is 59.4 Å². The fraction of sp³-hybridized carbons (Fsp3) is 0.517. The zero-order valence-corrected chi connectivity index (χ0v) is 23.5. The maximum atomic E-state index is 11.7. The predicted molar refractivity (Wildman–Crippen MR) is 150 cm³/mol. The van der Waals surface area contributed by atoms with E-state index in [-0.39, 0.29) is 21.9 Å². The zero-order valence-electron chi connectivity index (χ0n) is 23.5. The van der Waals surface area contributed by atoms with Gasteiger partial charge in [0.25, 0.3) is 5.69 Å². The Hall–Kier alpha value is -3.46. The summed E-state index contributed by atoms with van der Waals surface area (Å²) in [6.45, 7) is 16.2. The Morgan fingerprint density at radius 1 is 1.11 bits per heavy atom. The molecule has 9 heteroatoms. The average molecular weight is 524 g/mol. The molecule has 0 fully saturated rings. The molecule has 1 amide bonds. The van der Waals surface area contributed by atoms with Crippen LogP contribution in [0.5, 0.6) is 5.75 Å². The van der Waals surface area contributed by atoms with E-state index in [2.05, 4.69) is 37.2 Å². The summed E-state index contributed by atoms with van der Waals surface area (Å²) in [6.07, 6.45) is 1.22. The summed E-state index contributed by atoms with van der Waals surface area (Å²) < 4.78 is 8.23. The topological polar surface area (TPSA) is 117 Å². The number of primary amides is 1. The predicted octanol–water partition coefficient (Wildman–Crippen LogP) is 5.18. The van der Waals surface area contributed by atoms with Crippen molar-refractivity contribution >= 4 is 22.6 Å². The number of hydrogen-bond acceptors (Lipinski definition) is 6. The van der Waals surface area contributed by atoms with Gasteiger partial charge >= 0.3 is 0 Å². The third kappa shape index (κ3) is 7.31. The van der Waals surface area contributed by atoms with Gasteiger partial charge in [0, 0.05) is 37.1 Å². The second kappa shape index (κ2) is 11.9. The van der Waals surface area contributed by atoms with Crippen molar-refractivity contribution in [3.05, 3.63) is 64.0 Å². The van der Waals surface area contributed by atoms with Gasteiger partial charge in [-0.25, -0.2) is 4.98 Å². The molecule has 0 spiro atoms. The number of nitrogens with two attached hydrogens (primary N) is 1. The van der Waals surface area contributed by atoms with E-state index >= 15 is 0 Å². The van der Waals surface area contributed by atoms with Crippen molar-refractivity contribution < 1.29 is 14.5 Å². The molecule has 2 N–H and O–H groups in total. The summed E-state index contributed by atoms with van der Waals surface area (Å²) in [6, 6.07) is 12.8. The molecular weight excluding hydrogens is 482 g/mol. The highest BCUT2D eigenvalue weighted by Crippen LogP contribution is 2.34. The number of nitro groups is 1. The number of carbonyl (C=O) groups excluding carboxylic acids is 1. The SMILES string of the molecule is CCN(CC)CCn1c(Cc2ccc(OCC(C)(C)CC(C)(C)C(N)=O)cc2)nc2cc([N+](=O)[O-])ccc21. The number of ether oxygens (including phenoxy) is 1. The molecule has 0 saturated heterocycles. The number of nitrogens with zero attached hydrogens (tertiary/aromatic N) is 4. The Labute approximate surface area is 225 Å². The van der Waals surface area contributed by atoms with Crippen LogP contribution in [0, 0.1) is 20.9 Å². The summed E-state index contributed by atoms with van der Waals surface area (Å²) in [7, 11) is 0. The van der Waals surface area contributed by atoms with E-state index in [1.165, 1.54) is 0 Å². The Balaban J connectivity index is 1.77. The fourth-order valence-electron chi connectivity index (χ4n) is 4.95. The Morgan fingerprint density at radius 2 is 1.76 bits per heavy atom. The van der Waals surface area contributed by atoms with Gasteiger partial charge in [-0.2, -0.15) is 0 Å². The largest absolute Gasteiger partial charge is 0.493 e. The number of nitro benzene ring substituents is 1. The van der Waals surface area contributed by atoms with Crippen molar-refractivity contribution in [3.8, 4) is 5.75 Å². The normalized spacial score (nSPS) is 12.3. The zero-order chi connectivity index (χ0) is 28.1. The molecule has 0 radical (unpaired) electrons. The highest BCUT2D eigenvalue weighted by Gasteiger charge is 2.33. The van der Waals surface area contributed by atoms with Crippen molar-refractivity contribution in [2.75, 3.05) is 26.2 Å². The van der Waals surface area contributed by atoms with Crippen LogP contribution in [0.2, 0.25) is 0 Å². The number of carbonyl (C=O) groups is 1. The van der Waals surface area contributed by atoms with Gasteiger partial charge in [0.05, 0.1) is 22.6 Å². The molecule has 0 saturated carbocycles. The summed E-state index contributed by atoms with van der Waals surface area (Å²) in [5, 5.41) is 11.3. The maximum Gasteiger partial charge on any atom is 0.271 e. The van der Waals surface area contributed by atoms with Gasteiger partial charge in [-0.1, -0.05) is 53.7 Å². The first-order valence-electron chi connectivity index (χ1n) is 13.2. The van der Waals surface area contributed by atoms with Gasteiger partial charge in [0.2, 0.25) is 5.91 Å². The molecule has 206 valence electrons. The number of benzene rings is 2.